The number of carboxylic acid groups (broad SMARTS) is 1. The molecule has 6 heteroatoms. The second-order valence-corrected chi connectivity index (χ2v) is 5.89. The van der Waals surface area contributed by atoms with Gasteiger partial charge >= 0.3 is 5.97 Å². The van der Waals surface area contributed by atoms with Crippen LogP contribution in [0.25, 0.3) is 11.0 Å². The number of nitrogens with zero attached hydrogens (tertiary/aromatic N) is 3. The first-order chi connectivity index (χ1) is 10.6. The van der Waals surface area contributed by atoms with Crippen LogP contribution in [-0.2, 0) is 11.3 Å². The van der Waals surface area contributed by atoms with Gasteiger partial charge in [0.25, 0.3) is 0 Å². The molecule has 3 rings (SSSR count). The molecule has 1 N–H and O–H groups in total. The Hall–Kier alpha value is -2.42. The molecule has 1 fully saturated rings. The van der Waals surface area contributed by atoms with Crippen molar-refractivity contribution in [3.63, 3.8) is 0 Å². The molecule has 0 amide bonds. The fraction of sp³-hybridized carbons (Fsp3) is 0.438. The average Bonchev–Trinajstić information content (AvgIpc) is 2.91. The Morgan fingerprint density at radius 1 is 1.41 bits per heavy atom. The van der Waals surface area contributed by atoms with Crippen LogP contribution in [-0.4, -0.2) is 20.6 Å². The van der Waals surface area contributed by atoms with E-state index in [-0.39, 0.29) is 17.0 Å². The lowest BCUT2D eigenvalue weighted by molar-refractivity contribution is -0.143. The smallest absolute Gasteiger partial charge is 0.306 e. The molecule has 1 aromatic carbocycles. The number of nitriles is 1. The van der Waals surface area contributed by atoms with Crippen LogP contribution in [0.3, 0.4) is 0 Å². The highest BCUT2D eigenvalue weighted by atomic mass is 19.1. The van der Waals surface area contributed by atoms with Crippen molar-refractivity contribution in [2.45, 2.75) is 32.2 Å². The van der Waals surface area contributed by atoms with Crippen molar-refractivity contribution in [3.8, 4) is 6.07 Å². The van der Waals surface area contributed by atoms with E-state index in [4.69, 9.17) is 10.4 Å². The number of benzene rings is 1. The summed E-state index contributed by atoms with van der Waals surface area (Å²) in [4.78, 5) is 15.1. The van der Waals surface area contributed by atoms with Gasteiger partial charge in [-0.05, 0) is 43.7 Å². The quantitative estimate of drug-likeness (QED) is 0.945. The Morgan fingerprint density at radius 2 is 2.14 bits per heavy atom. The van der Waals surface area contributed by atoms with Crippen LogP contribution in [0.4, 0.5) is 4.39 Å². The highest BCUT2D eigenvalue weighted by molar-refractivity contribution is 5.77. The van der Waals surface area contributed by atoms with Gasteiger partial charge in [0.1, 0.15) is 5.52 Å². The van der Waals surface area contributed by atoms with E-state index in [1.165, 1.54) is 6.07 Å². The number of carboxylic acids is 1. The number of hydrogen-bond acceptors (Lipinski definition) is 3. The van der Waals surface area contributed by atoms with E-state index >= 15 is 0 Å². The van der Waals surface area contributed by atoms with E-state index < -0.39 is 11.8 Å². The Kier molecular flexibility index (Phi) is 3.80. The number of carbonyl (C=O) groups is 1. The van der Waals surface area contributed by atoms with E-state index in [0.717, 1.165) is 12.8 Å². The molecule has 1 heterocycles. The molecule has 1 aliphatic carbocycles. The maximum atomic E-state index is 13.9. The molecule has 2 aromatic rings. The zero-order valence-electron chi connectivity index (χ0n) is 12.0. The highest BCUT2D eigenvalue weighted by Gasteiger charge is 2.26. The van der Waals surface area contributed by atoms with Gasteiger partial charge in [0.05, 0.1) is 29.4 Å². The zero-order valence-corrected chi connectivity index (χ0v) is 12.0. The summed E-state index contributed by atoms with van der Waals surface area (Å²) in [6.07, 6.45) is 4.65. The molecule has 1 aliphatic rings. The lowest BCUT2D eigenvalue weighted by atomic mass is 9.82. The van der Waals surface area contributed by atoms with Gasteiger partial charge in [0.2, 0.25) is 0 Å². The normalized spacial score (nSPS) is 21.6. The zero-order chi connectivity index (χ0) is 15.7. The third-order valence-electron chi connectivity index (χ3n) is 4.46. The minimum Gasteiger partial charge on any atom is -0.481 e. The molecule has 22 heavy (non-hydrogen) atoms. The van der Waals surface area contributed by atoms with Gasteiger partial charge in [-0.25, -0.2) is 9.37 Å². The summed E-state index contributed by atoms with van der Waals surface area (Å²) in [7, 11) is 0. The lowest BCUT2D eigenvalue weighted by Gasteiger charge is -2.26. The number of halogens is 1. The topological polar surface area (TPSA) is 78.9 Å². The Morgan fingerprint density at radius 3 is 2.77 bits per heavy atom. The van der Waals surface area contributed by atoms with Crippen molar-refractivity contribution >= 4 is 17.0 Å². The first kappa shape index (κ1) is 14.5. The van der Waals surface area contributed by atoms with Crippen LogP contribution in [0.5, 0.6) is 0 Å². The molecular formula is C16H16FN3O2. The fourth-order valence-electron chi connectivity index (χ4n) is 3.20. The first-order valence-electron chi connectivity index (χ1n) is 7.35. The van der Waals surface area contributed by atoms with Crippen LogP contribution in [0.1, 0.15) is 31.2 Å². The summed E-state index contributed by atoms with van der Waals surface area (Å²) in [6, 6.07) is 4.79. The molecule has 1 saturated carbocycles. The van der Waals surface area contributed by atoms with Crippen molar-refractivity contribution < 1.29 is 14.3 Å². The lowest BCUT2D eigenvalue weighted by Crippen LogP contribution is -2.23. The number of fused-ring (bicyclic) bond motifs is 1. The number of rotatable bonds is 3. The molecule has 0 spiro atoms. The number of hydrogen-bond donors (Lipinski definition) is 1. The summed E-state index contributed by atoms with van der Waals surface area (Å²) in [5, 5.41) is 18.0. The van der Waals surface area contributed by atoms with Gasteiger partial charge < -0.3 is 9.67 Å². The first-order valence-corrected chi connectivity index (χ1v) is 7.35. The minimum atomic E-state index is -0.715. The molecule has 114 valence electrons. The van der Waals surface area contributed by atoms with E-state index in [0.29, 0.717) is 30.8 Å². The van der Waals surface area contributed by atoms with Gasteiger partial charge in [-0.3, -0.25) is 4.79 Å². The molecule has 0 aliphatic heterocycles. The van der Waals surface area contributed by atoms with Crippen molar-refractivity contribution in [1.82, 2.24) is 9.55 Å². The molecule has 0 unspecified atom stereocenters. The molecule has 0 bridgehead atoms. The van der Waals surface area contributed by atoms with Crippen molar-refractivity contribution in [2.24, 2.45) is 11.8 Å². The van der Waals surface area contributed by atoms with Crippen LogP contribution >= 0.6 is 0 Å². The maximum Gasteiger partial charge on any atom is 0.306 e. The Labute approximate surface area is 127 Å². The third-order valence-corrected chi connectivity index (χ3v) is 4.46. The number of aromatic nitrogens is 2. The SMILES string of the molecule is N#Cc1cc(F)c2ncn(C[C@H]3CC[C@H](C(=O)O)CC3)c2c1. The van der Waals surface area contributed by atoms with Crippen LogP contribution in [0.15, 0.2) is 18.5 Å². The Balaban J connectivity index is 1.79. The van der Waals surface area contributed by atoms with E-state index in [1.54, 1.807) is 12.4 Å². The monoisotopic (exact) mass is 301 g/mol. The van der Waals surface area contributed by atoms with Gasteiger partial charge in [0.15, 0.2) is 5.82 Å². The largest absolute Gasteiger partial charge is 0.481 e. The van der Waals surface area contributed by atoms with E-state index in [1.807, 2.05) is 10.6 Å². The average molecular weight is 301 g/mol. The second-order valence-electron chi connectivity index (χ2n) is 5.89. The third kappa shape index (κ3) is 2.67. The Bertz CT molecular complexity index is 755. The van der Waals surface area contributed by atoms with Crippen LogP contribution < -0.4 is 0 Å². The summed E-state index contributed by atoms with van der Waals surface area (Å²) < 4.78 is 15.7. The predicted octanol–water partition coefficient (Wildman–Crippen LogP) is 2.94. The van der Waals surface area contributed by atoms with Crippen molar-refractivity contribution in [2.75, 3.05) is 0 Å². The standard InChI is InChI=1S/C16H16FN3O2/c17-13-5-11(7-18)6-14-15(13)19-9-20(14)8-10-1-3-12(4-2-10)16(21)22/h5-6,9-10,12H,1-4,8H2,(H,21,22)/t10-,12-. The molecule has 0 saturated heterocycles. The van der Waals surface area contributed by atoms with Crippen LogP contribution in [0, 0.1) is 29.0 Å². The predicted molar refractivity (Wildman–Crippen MR) is 77.5 cm³/mol. The number of aliphatic carboxylic acids is 1. The maximum absolute atomic E-state index is 13.9. The van der Waals surface area contributed by atoms with Crippen LogP contribution in [0.2, 0.25) is 0 Å². The molecule has 1 aromatic heterocycles. The minimum absolute atomic E-state index is 0.238. The van der Waals surface area contributed by atoms with Crippen molar-refractivity contribution in [1.29, 1.82) is 5.26 Å². The fourth-order valence-corrected chi connectivity index (χ4v) is 3.20. The van der Waals surface area contributed by atoms with Gasteiger partial charge in [0, 0.05) is 6.54 Å². The van der Waals surface area contributed by atoms with E-state index in [9.17, 15) is 9.18 Å². The summed E-state index contributed by atoms with van der Waals surface area (Å²) in [5.41, 5.74) is 1.18. The highest BCUT2D eigenvalue weighted by Crippen LogP contribution is 2.31. The van der Waals surface area contributed by atoms with E-state index in [2.05, 4.69) is 4.98 Å². The van der Waals surface area contributed by atoms with Gasteiger partial charge in [-0.2, -0.15) is 5.26 Å². The summed E-state index contributed by atoms with van der Waals surface area (Å²) in [6.45, 7) is 0.678. The number of imidazole rings is 1. The second kappa shape index (κ2) is 5.76. The van der Waals surface area contributed by atoms with Gasteiger partial charge in [-0.1, -0.05) is 0 Å². The van der Waals surface area contributed by atoms with Gasteiger partial charge in [-0.15, -0.1) is 0 Å². The molecule has 5 nitrogen and oxygen atoms in total. The summed E-state index contributed by atoms with van der Waals surface area (Å²) in [5.74, 6) is -1.07. The molecule has 0 atom stereocenters. The van der Waals surface area contributed by atoms with Crippen molar-refractivity contribution in [3.05, 3.63) is 29.8 Å². The molecule has 0 radical (unpaired) electrons. The summed E-state index contributed by atoms with van der Waals surface area (Å²) >= 11 is 0. The molecular weight excluding hydrogens is 285 g/mol.